The fourth-order valence-corrected chi connectivity index (χ4v) is 5.17. The van der Waals surface area contributed by atoms with E-state index in [0.717, 1.165) is 0 Å². The minimum Gasteiger partial charge on any atom is -0.392 e. The molecule has 8 atom stereocenters. The summed E-state index contributed by atoms with van der Waals surface area (Å²) >= 11 is 0. The standard InChI is InChI=1S/C11H14O2/c1-3-4-2-5-6(3)9-7(5)10(12)8(4)11(9)13/h3-9,11,13H,2H2,1H3/t3-,4?,5?,6?,7?,8?,9?,11+/m0/s1. The molecule has 2 heteroatoms. The normalized spacial score (nSPS) is 71.7. The number of rotatable bonds is 0. The summed E-state index contributed by atoms with van der Waals surface area (Å²) in [6.07, 6.45) is 0.975. The summed E-state index contributed by atoms with van der Waals surface area (Å²) in [4.78, 5) is 11.9. The maximum absolute atomic E-state index is 11.9. The molecule has 5 aliphatic rings. The van der Waals surface area contributed by atoms with Crippen molar-refractivity contribution in [1.82, 2.24) is 0 Å². The van der Waals surface area contributed by atoms with Gasteiger partial charge in [0.25, 0.3) is 0 Å². The minimum atomic E-state index is -0.262. The molecule has 0 saturated heterocycles. The van der Waals surface area contributed by atoms with E-state index in [9.17, 15) is 9.90 Å². The van der Waals surface area contributed by atoms with Crippen LogP contribution < -0.4 is 0 Å². The van der Waals surface area contributed by atoms with Gasteiger partial charge in [-0.2, -0.15) is 0 Å². The molecule has 0 spiro atoms. The highest BCUT2D eigenvalue weighted by atomic mass is 16.3. The van der Waals surface area contributed by atoms with Crippen LogP contribution in [0.5, 0.6) is 0 Å². The molecule has 1 N–H and O–H groups in total. The third kappa shape index (κ3) is 0.475. The summed E-state index contributed by atoms with van der Waals surface area (Å²) in [6, 6.07) is 0. The molecule has 13 heavy (non-hydrogen) atoms. The molecule has 0 aliphatic heterocycles. The van der Waals surface area contributed by atoms with E-state index in [1.54, 1.807) is 0 Å². The van der Waals surface area contributed by atoms with Crippen molar-refractivity contribution in [3.8, 4) is 0 Å². The lowest BCUT2D eigenvalue weighted by molar-refractivity contribution is -0.133. The molecule has 6 unspecified atom stereocenters. The molecule has 0 aromatic rings. The van der Waals surface area contributed by atoms with Gasteiger partial charge >= 0.3 is 0 Å². The van der Waals surface area contributed by atoms with Gasteiger partial charge in [0.1, 0.15) is 5.78 Å². The van der Waals surface area contributed by atoms with Crippen molar-refractivity contribution in [3.05, 3.63) is 0 Å². The number of Topliss-reactive ketones (excluding diaryl/α,β-unsaturated/α-hetero) is 1. The van der Waals surface area contributed by atoms with Gasteiger partial charge in [-0.25, -0.2) is 0 Å². The van der Waals surface area contributed by atoms with Gasteiger partial charge in [0.05, 0.1) is 6.10 Å². The molecular weight excluding hydrogens is 164 g/mol. The Labute approximate surface area is 77.3 Å². The Bertz CT molecular complexity index is 311. The highest BCUT2D eigenvalue weighted by molar-refractivity contribution is 5.90. The smallest absolute Gasteiger partial charge is 0.142 e. The molecule has 6 bridgehead atoms. The average Bonchev–Trinajstić information content (AvgIpc) is 2.30. The quantitative estimate of drug-likeness (QED) is 0.592. The van der Waals surface area contributed by atoms with Crippen LogP contribution in [-0.4, -0.2) is 17.0 Å². The second-order valence-electron chi connectivity index (χ2n) is 5.52. The van der Waals surface area contributed by atoms with Crippen molar-refractivity contribution in [2.75, 3.05) is 0 Å². The van der Waals surface area contributed by atoms with Gasteiger partial charge < -0.3 is 5.11 Å². The van der Waals surface area contributed by atoms with E-state index >= 15 is 0 Å². The summed E-state index contributed by atoms with van der Waals surface area (Å²) in [5.74, 6) is 3.74. The number of carbonyl (C=O) groups excluding carboxylic acids is 1. The molecule has 0 amide bonds. The molecule has 2 nitrogen and oxygen atoms in total. The first-order valence-electron chi connectivity index (χ1n) is 5.43. The number of hydrogen-bond donors (Lipinski definition) is 1. The van der Waals surface area contributed by atoms with Crippen LogP contribution in [0.2, 0.25) is 0 Å². The van der Waals surface area contributed by atoms with Gasteiger partial charge in [-0.3, -0.25) is 4.79 Å². The van der Waals surface area contributed by atoms with Crippen LogP contribution in [0, 0.1) is 41.4 Å². The topological polar surface area (TPSA) is 37.3 Å². The Morgan fingerprint density at radius 1 is 1.23 bits per heavy atom. The summed E-state index contributed by atoms with van der Waals surface area (Å²) < 4.78 is 0. The van der Waals surface area contributed by atoms with E-state index in [0.29, 0.717) is 35.4 Å². The maximum atomic E-state index is 11.9. The van der Waals surface area contributed by atoms with E-state index in [-0.39, 0.29) is 17.9 Å². The van der Waals surface area contributed by atoms with Crippen molar-refractivity contribution in [2.45, 2.75) is 19.4 Å². The van der Waals surface area contributed by atoms with Crippen LogP contribution >= 0.6 is 0 Å². The largest absolute Gasteiger partial charge is 0.392 e. The van der Waals surface area contributed by atoms with E-state index in [2.05, 4.69) is 6.92 Å². The lowest BCUT2D eigenvalue weighted by Gasteiger charge is -2.47. The van der Waals surface area contributed by atoms with Crippen LogP contribution in [0.25, 0.3) is 0 Å². The Kier molecular flexibility index (Phi) is 0.926. The van der Waals surface area contributed by atoms with Gasteiger partial charge in [-0.1, -0.05) is 6.92 Å². The Balaban J connectivity index is 1.93. The lowest BCUT2D eigenvalue weighted by Crippen LogP contribution is -2.49. The number of aliphatic hydroxyl groups is 1. The first-order valence-corrected chi connectivity index (χ1v) is 5.43. The highest BCUT2D eigenvalue weighted by Gasteiger charge is 2.75. The first kappa shape index (κ1) is 6.99. The molecule has 0 aromatic carbocycles. The SMILES string of the molecule is C[C@H]1C2CC3C4C(=O)C2[C@@H](O)C4C31. The Morgan fingerprint density at radius 2 is 2.00 bits per heavy atom. The molecule has 0 heterocycles. The van der Waals surface area contributed by atoms with Gasteiger partial charge in [0.15, 0.2) is 0 Å². The van der Waals surface area contributed by atoms with Gasteiger partial charge in [-0.15, -0.1) is 0 Å². The fraction of sp³-hybridized carbons (Fsp3) is 0.909. The van der Waals surface area contributed by atoms with E-state index < -0.39 is 0 Å². The molecule has 0 radical (unpaired) electrons. The second kappa shape index (κ2) is 1.72. The lowest BCUT2D eigenvalue weighted by atomic mass is 9.57. The van der Waals surface area contributed by atoms with Crippen LogP contribution in [0.4, 0.5) is 0 Å². The zero-order chi connectivity index (χ0) is 8.90. The van der Waals surface area contributed by atoms with Gasteiger partial charge in [-0.05, 0) is 36.0 Å². The number of carbonyl (C=O) groups is 1. The van der Waals surface area contributed by atoms with Crippen molar-refractivity contribution in [2.24, 2.45) is 41.4 Å². The number of aliphatic hydroxyl groups excluding tert-OH is 1. The predicted molar refractivity (Wildman–Crippen MR) is 45.7 cm³/mol. The Morgan fingerprint density at radius 3 is 2.77 bits per heavy atom. The maximum Gasteiger partial charge on any atom is 0.142 e. The zero-order valence-electron chi connectivity index (χ0n) is 7.68. The van der Waals surface area contributed by atoms with Crippen molar-refractivity contribution < 1.29 is 9.90 Å². The van der Waals surface area contributed by atoms with Crippen LogP contribution in [0.1, 0.15) is 13.3 Å². The van der Waals surface area contributed by atoms with E-state index in [4.69, 9.17) is 0 Å². The van der Waals surface area contributed by atoms with Crippen LogP contribution in [0.3, 0.4) is 0 Å². The van der Waals surface area contributed by atoms with Gasteiger partial charge in [0.2, 0.25) is 0 Å². The fourth-order valence-electron chi connectivity index (χ4n) is 5.17. The summed E-state index contributed by atoms with van der Waals surface area (Å²) in [7, 11) is 0. The molecule has 5 aliphatic carbocycles. The summed E-state index contributed by atoms with van der Waals surface area (Å²) in [6.45, 7) is 2.29. The van der Waals surface area contributed by atoms with Crippen molar-refractivity contribution in [1.29, 1.82) is 0 Å². The van der Waals surface area contributed by atoms with E-state index in [1.165, 1.54) is 6.42 Å². The molecule has 70 valence electrons. The first-order chi connectivity index (χ1) is 6.22. The third-order valence-electron chi connectivity index (χ3n) is 5.52. The highest BCUT2D eigenvalue weighted by Crippen LogP contribution is 2.72. The predicted octanol–water partition coefficient (Wildman–Crippen LogP) is 0.694. The second-order valence-corrected chi connectivity index (χ2v) is 5.52. The van der Waals surface area contributed by atoms with Crippen LogP contribution in [0.15, 0.2) is 0 Å². The molecule has 5 rings (SSSR count). The zero-order valence-corrected chi connectivity index (χ0v) is 7.68. The number of hydrogen-bond acceptors (Lipinski definition) is 2. The molecule has 5 fully saturated rings. The monoisotopic (exact) mass is 178 g/mol. The Hall–Kier alpha value is -0.370. The minimum absolute atomic E-state index is 0.0417. The van der Waals surface area contributed by atoms with Crippen molar-refractivity contribution >= 4 is 5.78 Å². The molecular formula is C11H14O2. The molecule has 5 saturated carbocycles. The van der Waals surface area contributed by atoms with Gasteiger partial charge in [0, 0.05) is 11.8 Å². The third-order valence-corrected chi connectivity index (χ3v) is 5.52. The average molecular weight is 178 g/mol. The number of ketones is 1. The summed E-state index contributed by atoms with van der Waals surface area (Å²) in [5, 5.41) is 9.97. The summed E-state index contributed by atoms with van der Waals surface area (Å²) in [5.41, 5.74) is 0. The molecule has 0 aromatic heterocycles. The van der Waals surface area contributed by atoms with Crippen molar-refractivity contribution in [3.63, 3.8) is 0 Å². The van der Waals surface area contributed by atoms with Crippen LogP contribution in [-0.2, 0) is 4.79 Å². The van der Waals surface area contributed by atoms with E-state index in [1.807, 2.05) is 0 Å².